The normalized spacial score (nSPS) is 14.8. The number of ether oxygens (including phenoxy) is 2. The molecule has 1 saturated carbocycles. The average molecular weight is 351 g/mol. The van der Waals surface area contributed by atoms with Gasteiger partial charge in [0.15, 0.2) is 18.1 Å². The number of nitrogens with one attached hydrogen (secondary N) is 1. The molecule has 26 heavy (non-hydrogen) atoms. The molecule has 0 saturated heterocycles. The summed E-state index contributed by atoms with van der Waals surface area (Å²) in [7, 11) is 1.60. The number of benzene rings is 2. The first-order chi connectivity index (χ1) is 12.7. The third-order valence-electron chi connectivity index (χ3n) is 4.47. The van der Waals surface area contributed by atoms with E-state index in [0.29, 0.717) is 17.4 Å². The van der Waals surface area contributed by atoms with Crippen LogP contribution in [0.25, 0.3) is 6.08 Å². The van der Waals surface area contributed by atoms with Crippen molar-refractivity contribution in [1.29, 1.82) is 0 Å². The zero-order chi connectivity index (χ0) is 18.4. The molecule has 0 aliphatic heterocycles. The molecule has 136 valence electrons. The van der Waals surface area contributed by atoms with Crippen LogP contribution >= 0.6 is 0 Å². The highest BCUT2D eigenvalue weighted by atomic mass is 16.5. The molecule has 4 nitrogen and oxygen atoms in total. The molecule has 0 radical (unpaired) electrons. The van der Waals surface area contributed by atoms with Gasteiger partial charge >= 0.3 is 0 Å². The van der Waals surface area contributed by atoms with Crippen LogP contribution < -0.4 is 14.8 Å². The van der Waals surface area contributed by atoms with E-state index < -0.39 is 0 Å². The Balaban J connectivity index is 1.61. The topological polar surface area (TPSA) is 47.6 Å². The van der Waals surface area contributed by atoms with E-state index in [1.165, 1.54) is 0 Å². The molecule has 1 unspecified atom stereocenters. The molecule has 1 aliphatic rings. The van der Waals surface area contributed by atoms with Gasteiger partial charge in [0.2, 0.25) is 0 Å². The maximum Gasteiger partial charge on any atom is 0.258 e. The Morgan fingerprint density at radius 3 is 2.62 bits per heavy atom. The van der Waals surface area contributed by atoms with Crippen LogP contribution in [-0.4, -0.2) is 19.6 Å². The number of allylic oxidation sites excluding steroid dienone is 1. The highest BCUT2D eigenvalue weighted by Crippen LogP contribution is 2.40. The lowest BCUT2D eigenvalue weighted by Gasteiger charge is -2.19. The minimum Gasteiger partial charge on any atom is -0.493 e. The summed E-state index contributed by atoms with van der Waals surface area (Å²) < 4.78 is 11.1. The number of rotatable bonds is 8. The van der Waals surface area contributed by atoms with Crippen molar-refractivity contribution in [3.05, 3.63) is 65.7 Å². The first kappa shape index (κ1) is 18.1. The van der Waals surface area contributed by atoms with E-state index >= 15 is 0 Å². The SMILES string of the molecule is C/C=C/c1ccc(OCC(=O)NC(c2ccccc2)C2CC2)c(OC)c1. The summed E-state index contributed by atoms with van der Waals surface area (Å²) in [5.41, 5.74) is 2.18. The molecule has 4 heteroatoms. The molecule has 1 amide bonds. The zero-order valence-electron chi connectivity index (χ0n) is 15.3. The van der Waals surface area contributed by atoms with Crippen LogP contribution in [0.2, 0.25) is 0 Å². The number of carbonyl (C=O) groups excluding carboxylic acids is 1. The third-order valence-corrected chi connectivity index (χ3v) is 4.47. The predicted octanol–water partition coefficient (Wildman–Crippen LogP) is 4.37. The minimum atomic E-state index is -0.120. The molecule has 2 aromatic carbocycles. The van der Waals surface area contributed by atoms with Crippen LogP contribution in [0.4, 0.5) is 0 Å². The van der Waals surface area contributed by atoms with E-state index in [4.69, 9.17) is 9.47 Å². The average Bonchev–Trinajstić information content (AvgIpc) is 3.51. The summed E-state index contributed by atoms with van der Waals surface area (Å²) in [6.45, 7) is 1.93. The molecule has 1 fully saturated rings. The van der Waals surface area contributed by atoms with Crippen molar-refractivity contribution in [3.63, 3.8) is 0 Å². The van der Waals surface area contributed by atoms with Gasteiger partial charge in [0, 0.05) is 0 Å². The molecule has 1 aliphatic carbocycles. The van der Waals surface area contributed by atoms with E-state index in [1.54, 1.807) is 7.11 Å². The van der Waals surface area contributed by atoms with Gasteiger partial charge in [-0.05, 0) is 48.9 Å². The van der Waals surface area contributed by atoms with Gasteiger partial charge in [-0.25, -0.2) is 0 Å². The van der Waals surface area contributed by atoms with Crippen molar-refractivity contribution in [3.8, 4) is 11.5 Å². The van der Waals surface area contributed by atoms with Gasteiger partial charge in [0.05, 0.1) is 13.2 Å². The third kappa shape index (κ3) is 4.66. The van der Waals surface area contributed by atoms with Gasteiger partial charge < -0.3 is 14.8 Å². The lowest BCUT2D eigenvalue weighted by atomic mass is 10.0. The smallest absolute Gasteiger partial charge is 0.258 e. The van der Waals surface area contributed by atoms with Crippen molar-refractivity contribution in [2.75, 3.05) is 13.7 Å². The fraction of sp³-hybridized carbons (Fsp3) is 0.318. The first-order valence-electron chi connectivity index (χ1n) is 8.99. The zero-order valence-corrected chi connectivity index (χ0v) is 15.3. The fourth-order valence-electron chi connectivity index (χ4n) is 3.02. The standard InChI is InChI=1S/C22H25NO3/c1-3-7-16-10-13-19(20(14-16)25-2)26-15-21(24)23-22(18-11-12-18)17-8-5-4-6-9-17/h3-10,13-14,18,22H,11-12,15H2,1-2H3,(H,23,24)/b7-3+. The van der Waals surface area contributed by atoms with Gasteiger partial charge in [0.1, 0.15) is 0 Å². The van der Waals surface area contributed by atoms with Gasteiger partial charge in [-0.1, -0.05) is 48.6 Å². The van der Waals surface area contributed by atoms with Crippen molar-refractivity contribution in [1.82, 2.24) is 5.32 Å². The van der Waals surface area contributed by atoms with Crippen molar-refractivity contribution >= 4 is 12.0 Å². The summed E-state index contributed by atoms with van der Waals surface area (Å²) in [6.07, 6.45) is 6.26. The summed E-state index contributed by atoms with van der Waals surface area (Å²) in [5, 5.41) is 3.12. The fourth-order valence-corrected chi connectivity index (χ4v) is 3.02. The van der Waals surface area contributed by atoms with E-state index in [9.17, 15) is 4.79 Å². The molecule has 1 N–H and O–H groups in total. The molecule has 2 aromatic rings. The largest absolute Gasteiger partial charge is 0.493 e. The summed E-state index contributed by atoms with van der Waals surface area (Å²) in [5.74, 6) is 1.59. The van der Waals surface area contributed by atoms with Crippen LogP contribution in [0, 0.1) is 5.92 Å². The van der Waals surface area contributed by atoms with E-state index in [-0.39, 0.29) is 18.6 Å². The molecule has 0 aromatic heterocycles. The number of amides is 1. The molecule has 0 bridgehead atoms. The number of hydrogen-bond donors (Lipinski definition) is 1. The van der Waals surface area contributed by atoms with Crippen LogP contribution in [0.15, 0.2) is 54.6 Å². The van der Waals surface area contributed by atoms with E-state index in [0.717, 1.165) is 24.0 Å². The molecular weight excluding hydrogens is 326 g/mol. The Labute approximate surface area is 154 Å². The lowest BCUT2D eigenvalue weighted by Crippen LogP contribution is -2.33. The molecule has 0 heterocycles. The predicted molar refractivity (Wildman–Crippen MR) is 103 cm³/mol. The molecular formula is C22H25NO3. The maximum atomic E-state index is 12.4. The minimum absolute atomic E-state index is 0.0324. The van der Waals surface area contributed by atoms with Crippen molar-refractivity contribution in [2.45, 2.75) is 25.8 Å². The Kier molecular flexibility index (Phi) is 5.95. The lowest BCUT2D eigenvalue weighted by molar-refractivity contribution is -0.124. The number of carbonyl (C=O) groups is 1. The Morgan fingerprint density at radius 2 is 1.96 bits per heavy atom. The second-order valence-corrected chi connectivity index (χ2v) is 6.49. The van der Waals surface area contributed by atoms with Crippen LogP contribution in [0.5, 0.6) is 11.5 Å². The second kappa shape index (κ2) is 8.56. The Morgan fingerprint density at radius 1 is 1.19 bits per heavy atom. The van der Waals surface area contributed by atoms with Crippen molar-refractivity contribution < 1.29 is 14.3 Å². The first-order valence-corrected chi connectivity index (χ1v) is 8.99. The van der Waals surface area contributed by atoms with Gasteiger partial charge in [0.25, 0.3) is 5.91 Å². The van der Waals surface area contributed by atoms with Crippen LogP contribution in [-0.2, 0) is 4.79 Å². The van der Waals surface area contributed by atoms with Gasteiger partial charge in [-0.2, -0.15) is 0 Å². The maximum absolute atomic E-state index is 12.4. The number of methoxy groups -OCH3 is 1. The van der Waals surface area contributed by atoms with E-state index in [2.05, 4.69) is 17.4 Å². The summed E-state index contributed by atoms with van der Waals surface area (Å²) >= 11 is 0. The van der Waals surface area contributed by atoms with Crippen LogP contribution in [0.1, 0.15) is 36.9 Å². The number of hydrogen-bond acceptors (Lipinski definition) is 3. The molecule has 3 rings (SSSR count). The Hall–Kier alpha value is -2.75. The van der Waals surface area contributed by atoms with Crippen molar-refractivity contribution in [2.24, 2.45) is 5.92 Å². The quantitative estimate of drug-likeness (QED) is 0.768. The van der Waals surface area contributed by atoms with E-state index in [1.807, 2.05) is 55.5 Å². The second-order valence-electron chi connectivity index (χ2n) is 6.49. The Bertz CT molecular complexity index is 766. The monoisotopic (exact) mass is 351 g/mol. The van der Waals surface area contributed by atoms with Crippen LogP contribution in [0.3, 0.4) is 0 Å². The summed E-state index contributed by atoms with van der Waals surface area (Å²) in [6, 6.07) is 15.8. The highest BCUT2D eigenvalue weighted by molar-refractivity contribution is 5.78. The van der Waals surface area contributed by atoms with Gasteiger partial charge in [-0.15, -0.1) is 0 Å². The summed E-state index contributed by atoms with van der Waals surface area (Å²) in [4.78, 5) is 12.4. The molecule has 0 spiro atoms. The highest BCUT2D eigenvalue weighted by Gasteiger charge is 2.33. The van der Waals surface area contributed by atoms with Gasteiger partial charge in [-0.3, -0.25) is 4.79 Å². The molecule has 1 atom stereocenters.